The molecule has 0 aliphatic rings. The zero-order chi connectivity index (χ0) is 13.9. The maximum Gasteiger partial charge on any atom is 0.122 e. The smallest absolute Gasteiger partial charge is 0.122 e. The number of para-hydroxylation sites is 1. The van der Waals surface area contributed by atoms with Crippen LogP contribution in [0.2, 0.25) is 0 Å². The SMILES string of the molecule is C=C[Si]Cc1ccccc1OCC(CC)CCCC. The van der Waals surface area contributed by atoms with Crippen LogP contribution in [0, 0.1) is 5.92 Å². The van der Waals surface area contributed by atoms with Crippen LogP contribution in [0.25, 0.3) is 0 Å². The lowest BCUT2D eigenvalue weighted by Gasteiger charge is -2.17. The van der Waals surface area contributed by atoms with Gasteiger partial charge in [-0.1, -0.05) is 51.3 Å². The minimum absolute atomic E-state index is 0.690. The number of unbranched alkanes of at least 4 members (excludes halogenated alkanes) is 1. The van der Waals surface area contributed by atoms with Crippen LogP contribution in [0.3, 0.4) is 0 Å². The van der Waals surface area contributed by atoms with Gasteiger partial charge in [-0.25, -0.2) is 0 Å². The first-order chi connectivity index (χ1) is 9.31. The molecule has 1 atom stereocenters. The summed E-state index contributed by atoms with van der Waals surface area (Å²) < 4.78 is 6.05. The van der Waals surface area contributed by atoms with Crippen molar-refractivity contribution in [2.24, 2.45) is 5.92 Å². The molecule has 2 radical (unpaired) electrons. The minimum atomic E-state index is 0.690. The zero-order valence-corrected chi connectivity index (χ0v) is 13.3. The molecule has 0 aliphatic carbocycles. The number of ether oxygens (including phenoxy) is 1. The Labute approximate surface area is 120 Å². The summed E-state index contributed by atoms with van der Waals surface area (Å²) in [4.78, 5) is 0. The van der Waals surface area contributed by atoms with Crippen molar-refractivity contribution in [1.29, 1.82) is 0 Å². The molecular formula is C17H26OSi. The third kappa shape index (κ3) is 6.10. The summed E-state index contributed by atoms with van der Waals surface area (Å²) in [6.45, 7) is 9.16. The summed E-state index contributed by atoms with van der Waals surface area (Å²) in [6, 6.07) is 9.45. The summed E-state index contributed by atoms with van der Waals surface area (Å²) in [5, 5.41) is 0. The Morgan fingerprint density at radius 1 is 1.32 bits per heavy atom. The number of hydrogen-bond acceptors (Lipinski definition) is 1. The van der Waals surface area contributed by atoms with E-state index >= 15 is 0 Å². The van der Waals surface area contributed by atoms with Crippen LogP contribution in [0.5, 0.6) is 5.75 Å². The van der Waals surface area contributed by atoms with Gasteiger partial charge < -0.3 is 4.74 Å². The third-order valence-electron chi connectivity index (χ3n) is 3.43. The maximum absolute atomic E-state index is 6.05. The Hall–Kier alpha value is -1.02. The van der Waals surface area contributed by atoms with E-state index in [1.54, 1.807) is 0 Å². The lowest BCUT2D eigenvalue weighted by molar-refractivity contribution is 0.232. The van der Waals surface area contributed by atoms with Crippen LogP contribution in [-0.4, -0.2) is 16.1 Å². The van der Waals surface area contributed by atoms with Gasteiger partial charge in [0.2, 0.25) is 0 Å². The first-order valence-electron chi connectivity index (χ1n) is 7.36. The Morgan fingerprint density at radius 3 is 2.79 bits per heavy atom. The highest BCUT2D eigenvalue weighted by molar-refractivity contribution is 6.41. The standard InChI is InChI=1S/C17H26OSi/c1-4-7-10-15(5-2)13-18-17-12-9-8-11-16(17)14-19-6-3/h6,8-9,11-12,15H,3-5,7,10,13-14H2,1-2H3. The van der Waals surface area contributed by atoms with Gasteiger partial charge >= 0.3 is 0 Å². The molecule has 0 heterocycles. The highest BCUT2D eigenvalue weighted by Gasteiger charge is 2.08. The topological polar surface area (TPSA) is 9.23 Å². The van der Waals surface area contributed by atoms with E-state index in [1.165, 1.54) is 31.2 Å². The monoisotopic (exact) mass is 274 g/mol. The Bertz CT molecular complexity index is 362. The van der Waals surface area contributed by atoms with Gasteiger partial charge in [0.1, 0.15) is 5.75 Å². The summed E-state index contributed by atoms with van der Waals surface area (Å²) in [6.07, 6.45) is 5.06. The molecule has 1 aromatic rings. The van der Waals surface area contributed by atoms with E-state index in [2.05, 4.69) is 44.7 Å². The molecule has 1 nitrogen and oxygen atoms in total. The van der Waals surface area contributed by atoms with Crippen molar-refractivity contribution in [1.82, 2.24) is 0 Å². The van der Waals surface area contributed by atoms with Gasteiger partial charge in [0.25, 0.3) is 0 Å². The minimum Gasteiger partial charge on any atom is -0.493 e. The van der Waals surface area contributed by atoms with Gasteiger partial charge in [0.15, 0.2) is 0 Å². The van der Waals surface area contributed by atoms with Crippen molar-refractivity contribution in [3.8, 4) is 5.75 Å². The van der Waals surface area contributed by atoms with Crippen molar-refractivity contribution in [3.05, 3.63) is 42.1 Å². The molecular weight excluding hydrogens is 248 g/mol. The fourth-order valence-electron chi connectivity index (χ4n) is 2.08. The van der Waals surface area contributed by atoms with E-state index < -0.39 is 0 Å². The molecule has 0 fully saturated rings. The fraction of sp³-hybridized carbons (Fsp3) is 0.529. The maximum atomic E-state index is 6.05. The molecule has 0 saturated carbocycles. The molecule has 0 aromatic heterocycles. The molecule has 19 heavy (non-hydrogen) atoms. The first-order valence-corrected chi connectivity index (χ1v) is 8.65. The van der Waals surface area contributed by atoms with Gasteiger partial charge in [-0.2, -0.15) is 0 Å². The first kappa shape index (κ1) is 16.0. The lowest BCUT2D eigenvalue weighted by Crippen LogP contribution is -2.12. The number of rotatable bonds is 10. The van der Waals surface area contributed by atoms with Crippen molar-refractivity contribution in [3.63, 3.8) is 0 Å². The lowest BCUT2D eigenvalue weighted by atomic mass is 10.0. The second-order valence-corrected chi connectivity index (χ2v) is 6.09. The van der Waals surface area contributed by atoms with Crippen LogP contribution in [-0.2, 0) is 6.04 Å². The molecule has 0 N–H and O–H groups in total. The van der Waals surface area contributed by atoms with Gasteiger partial charge in [0, 0.05) is 0 Å². The van der Waals surface area contributed by atoms with Crippen molar-refractivity contribution < 1.29 is 4.74 Å². The van der Waals surface area contributed by atoms with E-state index in [9.17, 15) is 0 Å². The van der Waals surface area contributed by atoms with E-state index in [0.29, 0.717) is 5.92 Å². The van der Waals surface area contributed by atoms with E-state index in [0.717, 1.165) is 27.9 Å². The second-order valence-electron chi connectivity index (χ2n) is 4.92. The van der Waals surface area contributed by atoms with E-state index in [1.807, 2.05) is 5.70 Å². The predicted molar refractivity (Wildman–Crippen MR) is 84.9 cm³/mol. The molecule has 0 bridgehead atoms. The fourth-order valence-corrected chi connectivity index (χ4v) is 2.73. The Balaban J connectivity index is 2.52. The summed E-state index contributed by atoms with van der Waals surface area (Å²) in [5.41, 5.74) is 3.30. The zero-order valence-electron chi connectivity index (χ0n) is 12.3. The Kier molecular flexibility index (Phi) is 8.31. The highest BCUT2D eigenvalue weighted by Crippen LogP contribution is 2.21. The quantitative estimate of drug-likeness (QED) is 0.565. The largest absolute Gasteiger partial charge is 0.493 e. The normalized spacial score (nSPS) is 12.1. The average Bonchev–Trinajstić information content (AvgIpc) is 2.46. The highest BCUT2D eigenvalue weighted by atomic mass is 28.2. The van der Waals surface area contributed by atoms with E-state index in [4.69, 9.17) is 4.74 Å². The Morgan fingerprint density at radius 2 is 2.11 bits per heavy atom. The van der Waals surface area contributed by atoms with Crippen LogP contribution in [0.4, 0.5) is 0 Å². The summed E-state index contributed by atoms with van der Waals surface area (Å²) >= 11 is 0. The van der Waals surface area contributed by atoms with Gasteiger partial charge in [-0.15, -0.1) is 12.3 Å². The van der Waals surface area contributed by atoms with Gasteiger partial charge in [0.05, 0.1) is 16.1 Å². The van der Waals surface area contributed by atoms with Gasteiger partial charge in [-0.05, 0) is 30.0 Å². The molecule has 0 aliphatic heterocycles. The second kappa shape index (κ2) is 9.85. The van der Waals surface area contributed by atoms with Crippen molar-refractivity contribution >= 4 is 9.52 Å². The van der Waals surface area contributed by atoms with Crippen molar-refractivity contribution in [2.75, 3.05) is 6.61 Å². The van der Waals surface area contributed by atoms with Gasteiger partial charge in [-0.3, -0.25) is 0 Å². The van der Waals surface area contributed by atoms with Crippen LogP contribution in [0.15, 0.2) is 36.5 Å². The molecule has 1 rings (SSSR count). The van der Waals surface area contributed by atoms with Crippen LogP contribution >= 0.6 is 0 Å². The molecule has 1 unspecified atom stereocenters. The van der Waals surface area contributed by atoms with E-state index in [-0.39, 0.29) is 0 Å². The predicted octanol–water partition coefficient (Wildman–Crippen LogP) is 4.63. The summed E-state index contributed by atoms with van der Waals surface area (Å²) in [7, 11) is 0.772. The molecule has 2 heteroatoms. The average molecular weight is 274 g/mol. The summed E-state index contributed by atoms with van der Waals surface area (Å²) in [5.74, 6) is 1.75. The molecule has 104 valence electrons. The number of benzene rings is 1. The molecule has 0 saturated heterocycles. The van der Waals surface area contributed by atoms with Crippen LogP contribution in [0.1, 0.15) is 45.1 Å². The van der Waals surface area contributed by atoms with Crippen molar-refractivity contribution in [2.45, 2.75) is 45.6 Å². The third-order valence-corrected chi connectivity index (χ3v) is 4.30. The molecule has 0 amide bonds. The molecule has 0 spiro atoms. The van der Waals surface area contributed by atoms with Crippen LogP contribution < -0.4 is 4.74 Å². The number of hydrogen-bond donors (Lipinski definition) is 0. The molecule has 1 aromatic carbocycles.